The molecule has 0 radical (unpaired) electrons. The smallest absolute Gasteiger partial charge is 0.137 e. The molecule has 0 unspecified atom stereocenters. The van der Waals surface area contributed by atoms with E-state index in [9.17, 15) is 0 Å². The summed E-state index contributed by atoms with van der Waals surface area (Å²) >= 11 is 11.8. The van der Waals surface area contributed by atoms with Crippen molar-refractivity contribution in [2.45, 2.75) is 32.2 Å². The molecule has 3 nitrogen and oxygen atoms in total. The van der Waals surface area contributed by atoms with Crippen LogP contribution in [0, 0.1) is 0 Å². The molecule has 0 saturated heterocycles. The van der Waals surface area contributed by atoms with Crippen molar-refractivity contribution in [1.29, 1.82) is 0 Å². The standard InChI is InChI=1S/C9H13Cl2N3/c1-9(2,12)4-3-6-7(10)13-5-14-8(6)11/h5H,3-4,12H2,1-2H3. The molecule has 0 aliphatic rings. The molecule has 0 amide bonds. The van der Waals surface area contributed by atoms with Gasteiger partial charge in [-0.25, -0.2) is 9.97 Å². The minimum atomic E-state index is -0.234. The lowest BCUT2D eigenvalue weighted by atomic mass is 9.98. The van der Waals surface area contributed by atoms with Crippen LogP contribution >= 0.6 is 23.2 Å². The number of hydrogen-bond donors (Lipinski definition) is 1. The highest BCUT2D eigenvalue weighted by Gasteiger charge is 2.14. The Morgan fingerprint density at radius 3 is 2.21 bits per heavy atom. The van der Waals surface area contributed by atoms with Gasteiger partial charge >= 0.3 is 0 Å². The van der Waals surface area contributed by atoms with Gasteiger partial charge in [0.1, 0.15) is 16.6 Å². The number of rotatable bonds is 3. The average molecular weight is 234 g/mol. The molecule has 1 aromatic rings. The van der Waals surface area contributed by atoms with E-state index in [0.29, 0.717) is 16.7 Å². The Labute approximate surface area is 93.6 Å². The minimum absolute atomic E-state index is 0.234. The Morgan fingerprint density at radius 2 is 1.79 bits per heavy atom. The van der Waals surface area contributed by atoms with Crippen LogP contribution in [0.1, 0.15) is 25.8 Å². The lowest BCUT2D eigenvalue weighted by Gasteiger charge is -2.18. The second-order valence-corrected chi connectivity index (χ2v) is 4.64. The number of hydrogen-bond acceptors (Lipinski definition) is 3. The monoisotopic (exact) mass is 233 g/mol. The molecular weight excluding hydrogens is 221 g/mol. The van der Waals surface area contributed by atoms with Gasteiger partial charge in [0, 0.05) is 11.1 Å². The van der Waals surface area contributed by atoms with E-state index in [2.05, 4.69) is 9.97 Å². The molecule has 0 atom stereocenters. The average Bonchev–Trinajstić information content (AvgIpc) is 2.01. The van der Waals surface area contributed by atoms with Crippen molar-refractivity contribution in [3.05, 3.63) is 22.2 Å². The minimum Gasteiger partial charge on any atom is -0.326 e. The summed E-state index contributed by atoms with van der Waals surface area (Å²) in [4.78, 5) is 7.74. The second-order valence-electron chi connectivity index (χ2n) is 3.92. The Morgan fingerprint density at radius 1 is 1.29 bits per heavy atom. The quantitative estimate of drug-likeness (QED) is 0.817. The highest BCUT2D eigenvalue weighted by molar-refractivity contribution is 6.34. The number of aromatic nitrogens is 2. The molecule has 2 N–H and O–H groups in total. The molecule has 78 valence electrons. The number of nitrogens with zero attached hydrogens (tertiary/aromatic N) is 2. The van der Waals surface area contributed by atoms with E-state index in [1.54, 1.807) is 0 Å². The van der Waals surface area contributed by atoms with Gasteiger partial charge in [-0.05, 0) is 26.7 Å². The molecule has 0 aliphatic heterocycles. The summed E-state index contributed by atoms with van der Waals surface area (Å²) < 4.78 is 0. The van der Waals surface area contributed by atoms with Gasteiger partial charge in [-0.2, -0.15) is 0 Å². The third-order valence-electron chi connectivity index (χ3n) is 1.86. The first kappa shape index (κ1) is 11.7. The number of nitrogens with two attached hydrogens (primary N) is 1. The van der Waals surface area contributed by atoms with E-state index in [0.717, 1.165) is 12.0 Å². The van der Waals surface area contributed by atoms with Crippen molar-refractivity contribution in [3.8, 4) is 0 Å². The van der Waals surface area contributed by atoms with Crippen LogP contribution in [0.4, 0.5) is 0 Å². The van der Waals surface area contributed by atoms with Crippen molar-refractivity contribution in [2.75, 3.05) is 0 Å². The van der Waals surface area contributed by atoms with Gasteiger partial charge in [0.2, 0.25) is 0 Å². The van der Waals surface area contributed by atoms with Gasteiger partial charge in [0.25, 0.3) is 0 Å². The summed E-state index contributed by atoms with van der Waals surface area (Å²) in [6, 6.07) is 0. The molecule has 0 aromatic carbocycles. The zero-order valence-electron chi connectivity index (χ0n) is 8.22. The maximum absolute atomic E-state index is 5.88. The van der Waals surface area contributed by atoms with Crippen LogP contribution in [-0.2, 0) is 6.42 Å². The molecule has 0 bridgehead atoms. The largest absolute Gasteiger partial charge is 0.326 e. The molecular formula is C9H13Cl2N3. The molecule has 1 aromatic heterocycles. The van der Waals surface area contributed by atoms with Gasteiger partial charge in [-0.3, -0.25) is 0 Å². The van der Waals surface area contributed by atoms with Gasteiger partial charge in [0.05, 0.1) is 0 Å². The summed E-state index contributed by atoms with van der Waals surface area (Å²) in [5, 5.41) is 0.823. The Hall–Kier alpha value is -0.380. The molecule has 0 aliphatic carbocycles. The fourth-order valence-electron chi connectivity index (χ4n) is 1.02. The van der Waals surface area contributed by atoms with Crippen LogP contribution < -0.4 is 5.73 Å². The zero-order valence-corrected chi connectivity index (χ0v) is 9.73. The molecule has 1 rings (SSSR count). The van der Waals surface area contributed by atoms with Crippen molar-refractivity contribution < 1.29 is 0 Å². The topological polar surface area (TPSA) is 51.8 Å². The SMILES string of the molecule is CC(C)(N)CCc1c(Cl)ncnc1Cl. The van der Waals surface area contributed by atoms with Crippen LogP contribution in [-0.4, -0.2) is 15.5 Å². The third kappa shape index (κ3) is 3.40. The van der Waals surface area contributed by atoms with Crippen LogP contribution in [0.15, 0.2) is 6.33 Å². The Bertz CT molecular complexity index is 300. The van der Waals surface area contributed by atoms with Crippen LogP contribution in [0.5, 0.6) is 0 Å². The molecule has 0 saturated carbocycles. The first-order valence-electron chi connectivity index (χ1n) is 4.34. The number of halogens is 2. The molecule has 1 heterocycles. The summed E-state index contributed by atoms with van der Waals surface area (Å²) in [7, 11) is 0. The third-order valence-corrected chi connectivity index (χ3v) is 2.51. The van der Waals surface area contributed by atoms with E-state index in [-0.39, 0.29) is 5.54 Å². The summed E-state index contributed by atoms with van der Waals surface area (Å²) in [6.45, 7) is 3.91. The molecule has 0 spiro atoms. The lowest BCUT2D eigenvalue weighted by molar-refractivity contribution is 0.476. The molecule has 5 heteroatoms. The van der Waals surface area contributed by atoms with Crippen LogP contribution in [0.2, 0.25) is 10.3 Å². The first-order chi connectivity index (χ1) is 6.40. The van der Waals surface area contributed by atoms with Crippen molar-refractivity contribution >= 4 is 23.2 Å². The van der Waals surface area contributed by atoms with Crippen LogP contribution in [0.3, 0.4) is 0 Å². The van der Waals surface area contributed by atoms with E-state index >= 15 is 0 Å². The first-order valence-corrected chi connectivity index (χ1v) is 5.09. The van der Waals surface area contributed by atoms with E-state index in [4.69, 9.17) is 28.9 Å². The van der Waals surface area contributed by atoms with Crippen LogP contribution in [0.25, 0.3) is 0 Å². The Balaban J connectivity index is 2.77. The van der Waals surface area contributed by atoms with E-state index < -0.39 is 0 Å². The van der Waals surface area contributed by atoms with E-state index in [1.165, 1.54) is 6.33 Å². The Kier molecular flexibility index (Phi) is 3.70. The van der Waals surface area contributed by atoms with Gasteiger partial charge in [0.15, 0.2) is 0 Å². The lowest BCUT2D eigenvalue weighted by Crippen LogP contribution is -2.32. The van der Waals surface area contributed by atoms with Gasteiger partial charge in [-0.1, -0.05) is 23.2 Å². The fourth-order valence-corrected chi connectivity index (χ4v) is 1.53. The van der Waals surface area contributed by atoms with Crippen molar-refractivity contribution in [2.24, 2.45) is 5.73 Å². The van der Waals surface area contributed by atoms with E-state index in [1.807, 2.05) is 13.8 Å². The normalized spacial score (nSPS) is 11.8. The van der Waals surface area contributed by atoms with Crippen molar-refractivity contribution in [3.63, 3.8) is 0 Å². The molecule has 0 fully saturated rings. The summed E-state index contributed by atoms with van der Waals surface area (Å²) in [5.74, 6) is 0. The van der Waals surface area contributed by atoms with Crippen molar-refractivity contribution in [1.82, 2.24) is 9.97 Å². The maximum Gasteiger partial charge on any atom is 0.137 e. The predicted octanol–water partition coefficient (Wildman–Crippen LogP) is 2.45. The zero-order chi connectivity index (χ0) is 10.8. The summed E-state index contributed by atoms with van der Waals surface area (Å²) in [5.41, 5.74) is 6.40. The van der Waals surface area contributed by atoms with Gasteiger partial charge < -0.3 is 5.73 Å². The maximum atomic E-state index is 5.88. The molecule has 14 heavy (non-hydrogen) atoms. The predicted molar refractivity (Wildman–Crippen MR) is 58.6 cm³/mol. The highest BCUT2D eigenvalue weighted by Crippen LogP contribution is 2.22. The highest BCUT2D eigenvalue weighted by atomic mass is 35.5. The van der Waals surface area contributed by atoms with Gasteiger partial charge in [-0.15, -0.1) is 0 Å². The summed E-state index contributed by atoms with van der Waals surface area (Å²) in [6.07, 6.45) is 2.84. The second kappa shape index (κ2) is 4.43. The fraction of sp³-hybridized carbons (Fsp3) is 0.556.